The third-order valence-corrected chi connectivity index (χ3v) is 7.64. The maximum atomic E-state index is 14.3. The Morgan fingerprint density at radius 1 is 1.05 bits per heavy atom. The summed E-state index contributed by atoms with van der Waals surface area (Å²) >= 11 is 6.21. The Morgan fingerprint density at radius 2 is 1.77 bits per heavy atom. The van der Waals surface area contributed by atoms with Crippen LogP contribution in [0.3, 0.4) is 0 Å². The van der Waals surface area contributed by atoms with Gasteiger partial charge in [0.2, 0.25) is 0 Å². The van der Waals surface area contributed by atoms with E-state index in [1.165, 1.54) is 37.3 Å². The number of methoxy groups -OCH3 is 2. The number of rotatable bonds is 12. The Hall–Kier alpha value is -4.25. The van der Waals surface area contributed by atoms with E-state index in [9.17, 15) is 23.1 Å². The molecule has 1 aliphatic heterocycles. The first-order chi connectivity index (χ1) is 20.7. The molecule has 1 atom stereocenters. The minimum Gasteiger partial charge on any atom is -0.512 e. The monoisotopic (exact) mass is 634 g/mol. The summed E-state index contributed by atoms with van der Waals surface area (Å²) in [5.41, 5.74) is 1.39. The molecule has 1 heterocycles. The Kier molecular flexibility index (Phi) is 9.78. The van der Waals surface area contributed by atoms with Crippen LogP contribution in [0.1, 0.15) is 37.4 Å². The molecule has 0 radical (unpaired) electrons. The first kappa shape index (κ1) is 32.7. The van der Waals surface area contributed by atoms with Crippen molar-refractivity contribution >= 4 is 28.9 Å². The molecule has 0 saturated carbocycles. The zero-order valence-corrected chi connectivity index (χ0v) is 25.5. The van der Waals surface area contributed by atoms with Crippen LogP contribution in [0, 0.1) is 5.41 Å². The number of anilines is 2. The quantitative estimate of drug-likeness (QED) is 0.196. The molecule has 8 nitrogen and oxygen atoms in total. The average Bonchev–Trinajstić information content (AvgIpc) is 3.37. The molecule has 4 rings (SSSR count). The zero-order valence-electron chi connectivity index (χ0n) is 24.8. The molecule has 44 heavy (non-hydrogen) atoms. The van der Waals surface area contributed by atoms with Crippen LogP contribution in [0.5, 0.6) is 23.0 Å². The molecule has 236 valence electrons. The highest BCUT2D eigenvalue weighted by Gasteiger charge is 2.35. The second-order valence-electron chi connectivity index (χ2n) is 10.9. The maximum absolute atomic E-state index is 14.3. The van der Waals surface area contributed by atoms with Crippen molar-refractivity contribution < 1.29 is 42.0 Å². The third kappa shape index (κ3) is 7.82. The van der Waals surface area contributed by atoms with Gasteiger partial charge in [0.25, 0.3) is 5.91 Å². The van der Waals surface area contributed by atoms with Crippen LogP contribution in [0.4, 0.5) is 24.5 Å². The van der Waals surface area contributed by atoms with Crippen molar-refractivity contribution in [3.63, 3.8) is 0 Å². The highest BCUT2D eigenvalue weighted by molar-refractivity contribution is 6.30. The van der Waals surface area contributed by atoms with Crippen molar-refractivity contribution in [2.45, 2.75) is 39.1 Å². The number of fused-ring (bicyclic) bond motifs is 1. The molecule has 3 aromatic rings. The van der Waals surface area contributed by atoms with Gasteiger partial charge >= 0.3 is 6.36 Å². The lowest BCUT2D eigenvalue weighted by Crippen LogP contribution is -2.37. The zero-order chi connectivity index (χ0) is 32.2. The number of aliphatic hydroxyl groups is 1. The van der Waals surface area contributed by atoms with Crippen LogP contribution in [0.15, 0.2) is 66.9 Å². The first-order valence-electron chi connectivity index (χ1n) is 13.7. The molecule has 0 fully saturated rings. The van der Waals surface area contributed by atoms with Crippen molar-refractivity contribution in [2.24, 2.45) is 5.41 Å². The van der Waals surface area contributed by atoms with Gasteiger partial charge in [-0.05, 0) is 36.6 Å². The number of halogens is 4. The Balaban J connectivity index is 1.69. The Labute approximate surface area is 258 Å². The number of hydrogen-bond donors (Lipinski definition) is 2. The molecule has 12 heteroatoms. The van der Waals surface area contributed by atoms with Crippen LogP contribution in [-0.4, -0.2) is 44.7 Å². The van der Waals surface area contributed by atoms with Crippen molar-refractivity contribution in [2.75, 3.05) is 37.6 Å². The lowest BCUT2D eigenvalue weighted by Gasteiger charge is -2.28. The summed E-state index contributed by atoms with van der Waals surface area (Å²) < 4.78 is 60.0. The van der Waals surface area contributed by atoms with E-state index in [1.54, 1.807) is 36.4 Å². The second kappa shape index (κ2) is 13.2. The SMILES string of the molecule is C=C(O)C(C)(C)CCOc1cc(NC(C(=O)N2CCc3ccc(OC(F)(F)F)cc32)c2ccc(Cl)cc2OC)cc(OC)c1. The molecule has 0 spiro atoms. The summed E-state index contributed by atoms with van der Waals surface area (Å²) in [5, 5.41) is 13.5. The van der Waals surface area contributed by atoms with Crippen LogP contribution in [0.2, 0.25) is 5.02 Å². The van der Waals surface area contributed by atoms with E-state index in [2.05, 4.69) is 16.6 Å². The molecule has 1 unspecified atom stereocenters. The summed E-state index contributed by atoms with van der Waals surface area (Å²) in [4.78, 5) is 15.7. The van der Waals surface area contributed by atoms with Crippen molar-refractivity contribution in [3.05, 3.63) is 83.1 Å². The normalized spacial score (nSPS) is 13.6. The fourth-order valence-corrected chi connectivity index (χ4v) is 4.89. The number of allylic oxidation sites excluding steroid dienone is 1. The highest BCUT2D eigenvalue weighted by atomic mass is 35.5. The van der Waals surface area contributed by atoms with Gasteiger partial charge in [-0.15, -0.1) is 13.2 Å². The van der Waals surface area contributed by atoms with E-state index >= 15 is 0 Å². The molecular formula is C32H34ClF3N2O6. The minimum absolute atomic E-state index is 0.0490. The smallest absolute Gasteiger partial charge is 0.512 e. The van der Waals surface area contributed by atoms with Crippen molar-refractivity contribution in [3.8, 4) is 23.0 Å². The molecular weight excluding hydrogens is 601 g/mol. The standard InChI is InChI=1S/C32H34ClF3N2O6/c1-19(39)31(2,3)11-13-43-25-16-22(15-24(17-25)41-4)37-29(26-9-7-21(33)14-28(26)42-5)30(40)38-12-10-20-6-8-23(18-27(20)38)44-32(34,35)36/h6-9,14-18,29,37,39H,1,10-13H2,2-5H3. The Morgan fingerprint density at radius 3 is 2.43 bits per heavy atom. The van der Waals surface area contributed by atoms with Crippen LogP contribution in [-0.2, 0) is 11.2 Å². The van der Waals surface area contributed by atoms with E-state index in [0.29, 0.717) is 57.6 Å². The molecule has 0 aliphatic carbocycles. The molecule has 1 amide bonds. The summed E-state index contributed by atoms with van der Waals surface area (Å²) in [7, 11) is 2.94. The van der Waals surface area contributed by atoms with Gasteiger partial charge in [0.05, 0.1) is 32.3 Å². The number of nitrogens with zero attached hydrogens (tertiary/aromatic N) is 1. The summed E-state index contributed by atoms with van der Waals surface area (Å²) in [6.07, 6.45) is -3.94. The largest absolute Gasteiger partial charge is 0.573 e. The number of carbonyl (C=O) groups excluding carboxylic acids is 1. The topological polar surface area (TPSA) is 89.5 Å². The van der Waals surface area contributed by atoms with Gasteiger partial charge in [0.1, 0.15) is 29.0 Å². The fourth-order valence-electron chi connectivity index (χ4n) is 4.73. The average molecular weight is 635 g/mol. The number of alkyl halides is 3. The second-order valence-corrected chi connectivity index (χ2v) is 11.3. The summed E-state index contributed by atoms with van der Waals surface area (Å²) in [6, 6.07) is 12.8. The Bertz CT molecular complexity index is 1530. The fraction of sp³-hybridized carbons (Fsp3) is 0.344. The van der Waals surface area contributed by atoms with Gasteiger partial charge in [0, 0.05) is 52.5 Å². The first-order valence-corrected chi connectivity index (χ1v) is 14.1. The predicted octanol–water partition coefficient (Wildman–Crippen LogP) is 7.87. The van der Waals surface area contributed by atoms with Crippen LogP contribution >= 0.6 is 11.6 Å². The van der Waals surface area contributed by atoms with Gasteiger partial charge in [-0.1, -0.05) is 44.2 Å². The molecule has 0 saturated heterocycles. The van der Waals surface area contributed by atoms with Crippen molar-refractivity contribution in [1.82, 2.24) is 0 Å². The van der Waals surface area contributed by atoms with Crippen LogP contribution in [0.25, 0.3) is 0 Å². The van der Waals surface area contributed by atoms with Gasteiger partial charge in [0.15, 0.2) is 0 Å². The van der Waals surface area contributed by atoms with E-state index < -0.39 is 29.5 Å². The summed E-state index contributed by atoms with van der Waals surface area (Å²) in [5.74, 6) is 0.413. The predicted molar refractivity (Wildman–Crippen MR) is 162 cm³/mol. The van der Waals surface area contributed by atoms with E-state index in [-0.39, 0.29) is 18.9 Å². The molecule has 1 aliphatic rings. The number of amides is 1. The highest BCUT2D eigenvalue weighted by Crippen LogP contribution is 2.39. The van der Waals surface area contributed by atoms with Crippen LogP contribution < -0.4 is 29.2 Å². The van der Waals surface area contributed by atoms with Gasteiger partial charge < -0.3 is 34.3 Å². The number of ether oxygens (including phenoxy) is 4. The number of carbonyl (C=O) groups is 1. The number of hydrogen-bond acceptors (Lipinski definition) is 7. The summed E-state index contributed by atoms with van der Waals surface area (Å²) in [6.45, 7) is 7.82. The molecule has 0 aromatic heterocycles. The van der Waals surface area contributed by atoms with E-state index in [0.717, 1.165) is 0 Å². The lowest BCUT2D eigenvalue weighted by molar-refractivity contribution is -0.274. The molecule has 2 N–H and O–H groups in total. The molecule has 0 bridgehead atoms. The van der Waals surface area contributed by atoms with Gasteiger partial charge in [-0.2, -0.15) is 0 Å². The third-order valence-electron chi connectivity index (χ3n) is 7.41. The number of aliphatic hydroxyl groups excluding tert-OH is 1. The minimum atomic E-state index is -4.88. The van der Waals surface area contributed by atoms with Crippen molar-refractivity contribution in [1.29, 1.82) is 0 Å². The molecule has 3 aromatic carbocycles. The van der Waals surface area contributed by atoms with E-state index in [1.807, 2.05) is 13.8 Å². The number of benzene rings is 3. The maximum Gasteiger partial charge on any atom is 0.573 e. The van der Waals surface area contributed by atoms with E-state index in [4.69, 9.17) is 25.8 Å². The van der Waals surface area contributed by atoms with Gasteiger partial charge in [-0.25, -0.2) is 0 Å². The lowest BCUT2D eigenvalue weighted by atomic mass is 9.88. The number of nitrogens with one attached hydrogen (secondary N) is 1. The van der Waals surface area contributed by atoms with Gasteiger partial charge in [-0.3, -0.25) is 4.79 Å².